The normalized spacial score (nSPS) is 26.1. The minimum Gasteiger partial charge on any atom is -0.386 e. The van der Waals surface area contributed by atoms with E-state index < -0.39 is 56.2 Å². The number of nitrogens with one attached hydrogen (secondary N) is 2. The number of aromatic nitrogens is 2. The first-order valence-electron chi connectivity index (χ1n) is 11.7. The van der Waals surface area contributed by atoms with E-state index in [0.717, 1.165) is 18.2 Å². The van der Waals surface area contributed by atoms with Gasteiger partial charge in [0.15, 0.2) is 21.5 Å². The fraction of sp³-hybridized carbons (Fsp3) is 0.360. The Bertz CT molecular complexity index is 1440. The maximum Gasteiger partial charge on any atom is 0.255 e. The van der Waals surface area contributed by atoms with Crippen LogP contribution in [0.3, 0.4) is 0 Å². The highest BCUT2D eigenvalue weighted by molar-refractivity contribution is 7.92. The minimum absolute atomic E-state index is 0.00140. The number of carbonyl (C=O) groups is 1. The van der Waals surface area contributed by atoms with Crippen molar-refractivity contribution in [3.8, 4) is 0 Å². The number of nitrogens with zero attached hydrogens (tertiary/aromatic N) is 1. The lowest BCUT2D eigenvalue weighted by molar-refractivity contribution is -0.147. The fourth-order valence-electron chi connectivity index (χ4n) is 5.71. The number of benzene rings is 2. The fourth-order valence-corrected chi connectivity index (χ4v) is 8.11. The molecule has 3 aromatic rings. The third-order valence-corrected chi connectivity index (χ3v) is 10.3. The first-order chi connectivity index (χ1) is 17.5. The predicted molar refractivity (Wildman–Crippen MR) is 131 cm³/mol. The van der Waals surface area contributed by atoms with E-state index in [4.69, 9.17) is 11.6 Å². The molecule has 1 amide bonds. The summed E-state index contributed by atoms with van der Waals surface area (Å²) in [6.07, 6.45) is 3.04. The average molecular weight is 552 g/mol. The zero-order valence-corrected chi connectivity index (χ0v) is 20.9. The lowest BCUT2D eigenvalue weighted by atomic mass is 9.71. The zero-order valence-electron chi connectivity index (χ0n) is 19.4. The summed E-state index contributed by atoms with van der Waals surface area (Å²) < 4.78 is 54.0. The van der Waals surface area contributed by atoms with Gasteiger partial charge >= 0.3 is 0 Å². The first kappa shape index (κ1) is 25.8. The quantitative estimate of drug-likeness (QED) is 0.366. The smallest absolute Gasteiger partial charge is 0.255 e. The highest BCUT2D eigenvalue weighted by Crippen LogP contribution is 2.56. The van der Waals surface area contributed by atoms with Crippen LogP contribution in [0.1, 0.15) is 48.0 Å². The number of aliphatic hydroxyl groups excluding tert-OH is 1. The van der Waals surface area contributed by atoms with Crippen molar-refractivity contribution < 1.29 is 32.2 Å². The van der Waals surface area contributed by atoms with E-state index in [1.165, 1.54) is 30.6 Å². The van der Waals surface area contributed by atoms with Crippen LogP contribution in [0.15, 0.2) is 53.7 Å². The van der Waals surface area contributed by atoms with Gasteiger partial charge < -0.3 is 20.5 Å². The summed E-state index contributed by atoms with van der Waals surface area (Å²) in [6.45, 7) is 0. The Hall–Kier alpha value is -2.86. The van der Waals surface area contributed by atoms with Gasteiger partial charge in [-0.15, -0.1) is 0 Å². The standard InChI is InChI=1S/C25H24ClF2N3O5S/c26-18-5-1-13(24(33)31-16-4-6-19(27)20(28)12-16)9-21(18)37(35,36)17-10-14-2-3-15(11-17)25(14,34)22(32)23-29-7-8-30-23/h1,4-9,12,14-15,17,22,32,34H,2-3,10-11H2,(H,29,30)(H,31,33)/t14-,15?,17?,22?,25?/m0/s1. The molecule has 2 aliphatic carbocycles. The molecule has 2 aliphatic rings. The molecule has 2 bridgehead atoms. The molecule has 12 heteroatoms. The molecule has 5 rings (SSSR count). The highest BCUT2D eigenvalue weighted by Gasteiger charge is 2.59. The molecule has 196 valence electrons. The average Bonchev–Trinajstić information content (AvgIpc) is 3.43. The number of anilines is 1. The van der Waals surface area contributed by atoms with Crippen molar-refractivity contribution >= 4 is 33.0 Å². The van der Waals surface area contributed by atoms with Gasteiger partial charge in [0, 0.05) is 29.7 Å². The maximum absolute atomic E-state index is 13.7. The van der Waals surface area contributed by atoms with Gasteiger partial charge in [0.25, 0.3) is 5.91 Å². The lowest BCUT2D eigenvalue weighted by Gasteiger charge is -2.44. The van der Waals surface area contributed by atoms with E-state index in [1.54, 1.807) is 0 Å². The van der Waals surface area contributed by atoms with E-state index in [0.29, 0.717) is 12.8 Å². The summed E-state index contributed by atoms with van der Waals surface area (Å²) in [7, 11) is -4.03. The van der Waals surface area contributed by atoms with Crippen molar-refractivity contribution in [3.05, 3.63) is 76.8 Å². The largest absolute Gasteiger partial charge is 0.386 e. The predicted octanol–water partition coefficient (Wildman–Crippen LogP) is 4.02. The van der Waals surface area contributed by atoms with Crippen LogP contribution in [-0.4, -0.2) is 45.4 Å². The third-order valence-electron chi connectivity index (χ3n) is 7.60. The molecule has 2 aromatic carbocycles. The molecule has 0 spiro atoms. The van der Waals surface area contributed by atoms with Crippen LogP contribution >= 0.6 is 11.6 Å². The number of halogens is 3. The number of carbonyl (C=O) groups excluding carboxylic acids is 1. The van der Waals surface area contributed by atoms with E-state index in [2.05, 4.69) is 15.3 Å². The van der Waals surface area contributed by atoms with Gasteiger partial charge in [-0.05, 0) is 67.9 Å². The van der Waals surface area contributed by atoms with Gasteiger partial charge in [-0.1, -0.05) is 11.6 Å². The number of hydrogen-bond acceptors (Lipinski definition) is 6. The Labute approximate surface area is 216 Å². The maximum atomic E-state index is 13.7. The van der Waals surface area contributed by atoms with Crippen LogP contribution in [0, 0.1) is 23.5 Å². The van der Waals surface area contributed by atoms with Crippen LogP contribution in [0.25, 0.3) is 0 Å². The summed E-state index contributed by atoms with van der Waals surface area (Å²) in [5.74, 6) is -3.67. The molecular formula is C25H24ClF2N3O5S. The monoisotopic (exact) mass is 551 g/mol. The summed E-state index contributed by atoms with van der Waals surface area (Å²) in [4.78, 5) is 19.4. The van der Waals surface area contributed by atoms with Gasteiger partial charge in [0.05, 0.1) is 15.2 Å². The Morgan fingerprint density at radius 1 is 1.14 bits per heavy atom. The molecule has 1 heterocycles. The number of imidazole rings is 1. The Balaban J connectivity index is 1.39. The highest BCUT2D eigenvalue weighted by atomic mass is 35.5. The van der Waals surface area contributed by atoms with Crippen LogP contribution in [0.2, 0.25) is 5.02 Å². The zero-order chi connectivity index (χ0) is 26.5. The van der Waals surface area contributed by atoms with Crippen molar-refractivity contribution in [1.29, 1.82) is 0 Å². The van der Waals surface area contributed by atoms with Gasteiger partial charge in [-0.3, -0.25) is 4.79 Å². The van der Waals surface area contributed by atoms with Gasteiger partial charge in [-0.25, -0.2) is 22.2 Å². The molecule has 37 heavy (non-hydrogen) atoms. The molecule has 4 unspecified atom stereocenters. The second kappa shape index (κ2) is 9.46. The number of amides is 1. The van der Waals surface area contributed by atoms with Gasteiger partial charge in [0.1, 0.15) is 17.5 Å². The third kappa shape index (κ3) is 4.43. The van der Waals surface area contributed by atoms with Crippen LogP contribution < -0.4 is 5.32 Å². The number of aromatic amines is 1. The molecule has 0 aliphatic heterocycles. The topological polar surface area (TPSA) is 132 Å². The molecular weight excluding hydrogens is 528 g/mol. The molecule has 2 saturated carbocycles. The Kier molecular flexibility index (Phi) is 6.59. The second-order valence-electron chi connectivity index (χ2n) is 9.60. The molecule has 0 saturated heterocycles. The van der Waals surface area contributed by atoms with Crippen LogP contribution in [0.5, 0.6) is 0 Å². The number of sulfone groups is 1. The first-order valence-corrected chi connectivity index (χ1v) is 13.6. The SMILES string of the molecule is O=C(Nc1ccc(F)c(F)c1)c1ccc(Cl)c(S(=O)(=O)C2CC3CC[C@@H](C2)C3(O)C(O)c2ncc[nH]2)c1. The Morgan fingerprint density at radius 3 is 2.46 bits per heavy atom. The van der Waals surface area contributed by atoms with Crippen molar-refractivity contribution in [1.82, 2.24) is 9.97 Å². The summed E-state index contributed by atoms with van der Waals surface area (Å²) in [5.41, 5.74) is -1.54. The van der Waals surface area contributed by atoms with E-state index in [-0.39, 0.29) is 39.8 Å². The van der Waals surface area contributed by atoms with E-state index >= 15 is 0 Å². The molecule has 1 aromatic heterocycles. The van der Waals surface area contributed by atoms with Crippen LogP contribution in [0.4, 0.5) is 14.5 Å². The van der Waals surface area contributed by atoms with Gasteiger partial charge in [-0.2, -0.15) is 0 Å². The molecule has 2 fully saturated rings. The number of hydrogen-bond donors (Lipinski definition) is 4. The van der Waals surface area contributed by atoms with Crippen molar-refractivity contribution in [2.45, 2.75) is 47.5 Å². The second-order valence-corrected chi connectivity index (χ2v) is 12.2. The molecule has 5 atom stereocenters. The van der Waals surface area contributed by atoms with Crippen molar-refractivity contribution in [3.63, 3.8) is 0 Å². The van der Waals surface area contributed by atoms with E-state index in [9.17, 15) is 32.2 Å². The van der Waals surface area contributed by atoms with E-state index in [1.807, 2.05) is 0 Å². The number of fused-ring (bicyclic) bond motifs is 2. The Morgan fingerprint density at radius 2 is 1.84 bits per heavy atom. The molecule has 4 N–H and O–H groups in total. The lowest BCUT2D eigenvalue weighted by Crippen LogP contribution is -2.52. The molecule has 8 nitrogen and oxygen atoms in total. The number of rotatable bonds is 6. The van der Waals surface area contributed by atoms with Crippen molar-refractivity contribution in [2.24, 2.45) is 11.8 Å². The summed E-state index contributed by atoms with van der Waals surface area (Å²) in [5, 5.41) is 23.8. The number of H-pyrrole nitrogens is 1. The van der Waals surface area contributed by atoms with Crippen molar-refractivity contribution in [2.75, 3.05) is 5.32 Å². The summed E-state index contributed by atoms with van der Waals surface area (Å²) in [6, 6.07) is 6.65. The minimum atomic E-state index is -4.03. The number of aliphatic hydroxyl groups is 2. The van der Waals surface area contributed by atoms with Gasteiger partial charge in [0.2, 0.25) is 0 Å². The summed E-state index contributed by atoms with van der Waals surface area (Å²) >= 11 is 6.26. The van der Waals surface area contributed by atoms with Crippen LogP contribution in [-0.2, 0) is 9.84 Å². The molecule has 0 radical (unpaired) electrons.